The molecule has 4 N–H and O–H groups in total. The van der Waals surface area contributed by atoms with Gasteiger partial charge in [0.05, 0.1) is 14.2 Å². The van der Waals surface area contributed by atoms with Gasteiger partial charge >= 0.3 is 5.63 Å². The van der Waals surface area contributed by atoms with Crippen molar-refractivity contribution in [1.29, 1.82) is 0 Å². The third-order valence-corrected chi connectivity index (χ3v) is 8.19. The number of hydrogen-bond donors (Lipinski definition) is 4. The Kier molecular flexibility index (Phi) is 5.71. The van der Waals surface area contributed by atoms with Crippen LogP contribution in [0.2, 0.25) is 0 Å². The first-order chi connectivity index (χ1) is 18.7. The van der Waals surface area contributed by atoms with Gasteiger partial charge in [0.15, 0.2) is 22.8 Å². The van der Waals surface area contributed by atoms with E-state index in [9.17, 15) is 25.2 Å². The Morgan fingerprint density at radius 2 is 1.69 bits per heavy atom. The molecule has 0 bridgehead atoms. The van der Waals surface area contributed by atoms with E-state index in [1.807, 2.05) is 19.1 Å². The average Bonchev–Trinajstić information content (AvgIpc) is 3.24. The minimum Gasteiger partial charge on any atom is -0.508 e. The highest BCUT2D eigenvalue weighted by Crippen LogP contribution is 2.65. The fourth-order valence-electron chi connectivity index (χ4n) is 6.73. The summed E-state index contributed by atoms with van der Waals surface area (Å²) < 4.78 is 17.0. The van der Waals surface area contributed by atoms with E-state index in [0.29, 0.717) is 17.6 Å². The molecule has 2 aliphatic carbocycles. The topological polar surface area (TPSA) is 130 Å². The number of ether oxygens (including phenoxy) is 2. The molecule has 1 heterocycles. The molecule has 0 saturated heterocycles. The van der Waals surface area contributed by atoms with Crippen LogP contribution in [0.5, 0.6) is 34.5 Å². The second-order valence-electron chi connectivity index (χ2n) is 10.3. The van der Waals surface area contributed by atoms with Gasteiger partial charge in [0.25, 0.3) is 0 Å². The number of allylic oxidation sites excluding steroid dienone is 2. The number of aromatic hydroxyl groups is 4. The predicted molar refractivity (Wildman–Crippen MR) is 144 cm³/mol. The van der Waals surface area contributed by atoms with Crippen molar-refractivity contribution in [3.05, 3.63) is 92.9 Å². The second kappa shape index (κ2) is 9.01. The fourth-order valence-corrected chi connectivity index (χ4v) is 6.73. The van der Waals surface area contributed by atoms with E-state index in [0.717, 1.165) is 27.8 Å². The maximum Gasteiger partial charge on any atom is 0.336 e. The number of benzene rings is 3. The van der Waals surface area contributed by atoms with E-state index in [1.165, 1.54) is 19.2 Å². The monoisotopic (exact) mass is 528 g/mol. The van der Waals surface area contributed by atoms with Gasteiger partial charge in [0.1, 0.15) is 11.5 Å². The van der Waals surface area contributed by atoms with E-state index >= 15 is 0 Å². The zero-order valence-corrected chi connectivity index (χ0v) is 21.6. The van der Waals surface area contributed by atoms with E-state index in [1.54, 1.807) is 31.4 Å². The summed E-state index contributed by atoms with van der Waals surface area (Å²) in [5.41, 5.74) is 3.85. The average molecular weight is 529 g/mol. The first-order valence-electron chi connectivity index (χ1n) is 12.7. The van der Waals surface area contributed by atoms with Crippen molar-refractivity contribution in [2.45, 2.75) is 31.1 Å². The van der Waals surface area contributed by atoms with E-state index in [4.69, 9.17) is 13.9 Å². The van der Waals surface area contributed by atoms with E-state index in [-0.39, 0.29) is 58.0 Å². The summed E-state index contributed by atoms with van der Waals surface area (Å²) >= 11 is 0. The molecule has 0 saturated carbocycles. The molecule has 8 heteroatoms. The molecule has 6 rings (SSSR count). The van der Waals surface area contributed by atoms with Crippen molar-refractivity contribution in [1.82, 2.24) is 0 Å². The summed E-state index contributed by atoms with van der Waals surface area (Å²) in [6, 6.07) is 12.9. The van der Waals surface area contributed by atoms with Gasteiger partial charge in [0.2, 0.25) is 5.75 Å². The lowest BCUT2D eigenvalue weighted by Gasteiger charge is -2.37. The molecule has 8 nitrogen and oxygen atoms in total. The summed E-state index contributed by atoms with van der Waals surface area (Å²) in [5.74, 6) is -0.656. The van der Waals surface area contributed by atoms with Gasteiger partial charge in [-0.2, -0.15) is 0 Å². The lowest BCUT2D eigenvalue weighted by molar-refractivity contribution is 0.334. The molecule has 200 valence electrons. The number of phenols is 4. The molecule has 0 unspecified atom stereocenters. The summed E-state index contributed by atoms with van der Waals surface area (Å²) in [4.78, 5) is 12.2. The quantitative estimate of drug-likeness (QED) is 0.153. The zero-order chi connectivity index (χ0) is 27.6. The molecule has 1 aromatic heterocycles. The Hall–Kier alpha value is -4.59. The van der Waals surface area contributed by atoms with Crippen LogP contribution in [0.3, 0.4) is 0 Å². The molecular formula is C31H28O8. The van der Waals surface area contributed by atoms with Gasteiger partial charge in [-0.05, 0) is 60.6 Å². The van der Waals surface area contributed by atoms with Crippen LogP contribution in [0, 0.1) is 5.92 Å². The standard InChI is InChI=1S/C31H28O8/c1-14-10-19(15-4-8-21(33)22(34)12-15)25-20(11-14)28-27(26(25)17-6-5-16(32)13-23(17)37-2)18-7-9-24(35)39-30(18)29(36)31(28)38-3/h4-9,11-13,19-20,25-26,32-34,36H,10H2,1-3H3/t19-,20-,25+,26-/m1/s1. The molecule has 4 aromatic rings. The van der Waals surface area contributed by atoms with Crippen molar-refractivity contribution in [2.75, 3.05) is 14.2 Å². The second-order valence-corrected chi connectivity index (χ2v) is 10.3. The minimum absolute atomic E-state index is 0.0408. The molecule has 2 aliphatic rings. The smallest absolute Gasteiger partial charge is 0.336 e. The number of phenolic OH excluding ortho intramolecular Hbond substituents is 4. The molecular weight excluding hydrogens is 500 g/mol. The molecule has 3 aromatic carbocycles. The van der Waals surface area contributed by atoms with Crippen molar-refractivity contribution >= 4 is 11.0 Å². The predicted octanol–water partition coefficient (Wildman–Crippen LogP) is 5.61. The van der Waals surface area contributed by atoms with Crippen LogP contribution in [0.15, 0.2) is 69.4 Å². The van der Waals surface area contributed by atoms with Crippen LogP contribution >= 0.6 is 0 Å². The third kappa shape index (κ3) is 3.70. The third-order valence-electron chi connectivity index (χ3n) is 8.19. The van der Waals surface area contributed by atoms with Crippen LogP contribution in [0.4, 0.5) is 0 Å². The molecule has 0 fully saturated rings. The van der Waals surface area contributed by atoms with Gasteiger partial charge in [-0.25, -0.2) is 4.79 Å². The highest BCUT2D eigenvalue weighted by Gasteiger charge is 2.51. The van der Waals surface area contributed by atoms with Gasteiger partial charge in [-0.1, -0.05) is 23.8 Å². The maximum atomic E-state index is 12.2. The van der Waals surface area contributed by atoms with Crippen LogP contribution < -0.4 is 15.1 Å². The minimum atomic E-state index is -0.595. The molecule has 0 spiro atoms. The van der Waals surface area contributed by atoms with Crippen LogP contribution in [-0.2, 0) is 0 Å². The number of methoxy groups -OCH3 is 2. The van der Waals surface area contributed by atoms with Gasteiger partial charge in [0, 0.05) is 40.5 Å². The highest BCUT2D eigenvalue weighted by molar-refractivity contribution is 5.92. The Labute approximate surface area is 224 Å². The van der Waals surface area contributed by atoms with Crippen molar-refractivity contribution in [3.63, 3.8) is 0 Å². The fraction of sp³-hybridized carbons (Fsp3) is 0.258. The van der Waals surface area contributed by atoms with E-state index < -0.39 is 5.63 Å². The van der Waals surface area contributed by atoms with Crippen LogP contribution in [0.1, 0.15) is 53.4 Å². The largest absolute Gasteiger partial charge is 0.508 e. The Morgan fingerprint density at radius 3 is 2.41 bits per heavy atom. The SMILES string of the molecule is COc1cc(O)ccc1[C@H]1c2c(c(OC)c(O)c3oc(=O)ccc23)[C@@H]2C=C(C)C[C@H](c3ccc(O)c(O)c3)[C@H]12. The first kappa shape index (κ1) is 24.7. The molecule has 39 heavy (non-hydrogen) atoms. The van der Waals surface area contributed by atoms with Gasteiger partial charge < -0.3 is 34.3 Å². The first-order valence-corrected chi connectivity index (χ1v) is 12.7. The molecule has 0 aliphatic heterocycles. The Balaban J connectivity index is 1.73. The number of rotatable bonds is 4. The highest BCUT2D eigenvalue weighted by atomic mass is 16.5. The number of fused-ring (bicyclic) bond motifs is 5. The molecule has 0 radical (unpaired) electrons. The summed E-state index contributed by atoms with van der Waals surface area (Å²) in [6.45, 7) is 2.05. The van der Waals surface area contributed by atoms with Gasteiger partial charge in [-0.15, -0.1) is 0 Å². The Morgan fingerprint density at radius 1 is 0.897 bits per heavy atom. The lowest BCUT2D eigenvalue weighted by atomic mass is 9.66. The zero-order valence-electron chi connectivity index (χ0n) is 21.6. The van der Waals surface area contributed by atoms with Crippen LogP contribution in [-0.4, -0.2) is 34.6 Å². The molecule has 0 amide bonds. The van der Waals surface area contributed by atoms with Gasteiger partial charge in [-0.3, -0.25) is 0 Å². The van der Waals surface area contributed by atoms with Crippen molar-refractivity contribution < 1.29 is 34.3 Å². The summed E-state index contributed by atoms with van der Waals surface area (Å²) in [6.07, 6.45) is 2.87. The maximum absolute atomic E-state index is 12.2. The summed E-state index contributed by atoms with van der Waals surface area (Å²) in [7, 11) is 3.02. The molecule has 4 atom stereocenters. The normalized spacial score (nSPS) is 21.8. The van der Waals surface area contributed by atoms with E-state index in [2.05, 4.69) is 6.08 Å². The Bertz CT molecular complexity index is 1720. The summed E-state index contributed by atoms with van der Waals surface area (Å²) in [5, 5.41) is 42.4. The number of hydrogen-bond acceptors (Lipinski definition) is 8. The van der Waals surface area contributed by atoms with Crippen molar-refractivity contribution in [2.24, 2.45) is 5.92 Å². The lowest BCUT2D eigenvalue weighted by Crippen LogP contribution is -2.25. The van der Waals surface area contributed by atoms with Crippen molar-refractivity contribution in [3.8, 4) is 34.5 Å². The van der Waals surface area contributed by atoms with Crippen LogP contribution in [0.25, 0.3) is 11.0 Å².